The molecule has 1 aromatic carbocycles. The fourth-order valence-corrected chi connectivity index (χ4v) is 3.34. The fourth-order valence-electron chi connectivity index (χ4n) is 2.23. The van der Waals surface area contributed by atoms with Crippen LogP contribution in [0.5, 0.6) is 0 Å². The number of hydrogen-bond acceptors (Lipinski definition) is 4. The quantitative estimate of drug-likeness (QED) is 0.570. The monoisotopic (exact) mass is 290 g/mol. The van der Waals surface area contributed by atoms with E-state index >= 15 is 0 Å². The number of rotatable bonds is 3. The highest BCUT2D eigenvalue weighted by atomic mass is 32.1. The summed E-state index contributed by atoms with van der Waals surface area (Å²) in [5.41, 5.74) is 4.66. The Bertz CT molecular complexity index is 743. The molecule has 0 saturated heterocycles. The summed E-state index contributed by atoms with van der Waals surface area (Å²) in [6.07, 6.45) is 0. The van der Waals surface area contributed by atoms with Crippen molar-refractivity contribution in [1.29, 1.82) is 0 Å². The molecule has 1 atom stereocenters. The van der Waals surface area contributed by atoms with Gasteiger partial charge in [-0.15, -0.1) is 11.3 Å². The van der Waals surface area contributed by atoms with E-state index in [-0.39, 0.29) is 11.9 Å². The van der Waals surface area contributed by atoms with Gasteiger partial charge in [-0.05, 0) is 49.7 Å². The first-order valence-electron chi connectivity index (χ1n) is 6.30. The zero-order chi connectivity index (χ0) is 14.3. The van der Waals surface area contributed by atoms with Crippen LogP contribution in [0.2, 0.25) is 0 Å². The molecule has 0 aliphatic heterocycles. The SMILES string of the molecule is Cc1cc(C(NN)c2cc3cc(F)ccc3o2)sc1C. The third kappa shape index (κ3) is 2.24. The van der Waals surface area contributed by atoms with Crippen LogP contribution in [0, 0.1) is 19.7 Å². The molecule has 0 amide bonds. The Morgan fingerprint density at radius 1 is 1.25 bits per heavy atom. The smallest absolute Gasteiger partial charge is 0.134 e. The van der Waals surface area contributed by atoms with Crippen LogP contribution in [0.3, 0.4) is 0 Å². The number of nitrogens with two attached hydrogens (primary N) is 1. The molecule has 5 heteroatoms. The Morgan fingerprint density at radius 3 is 2.70 bits per heavy atom. The first kappa shape index (κ1) is 13.3. The highest BCUT2D eigenvalue weighted by Gasteiger charge is 2.20. The van der Waals surface area contributed by atoms with Crippen LogP contribution in [-0.2, 0) is 0 Å². The molecule has 0 saturated carbocycles. The number of hydrazine groups is 1. The van der Waals surface area contributed by atoms with Gasteiger partial charge in [-0.1, -0.05) is 0 Å². The highest BCUT2D eigenvalue weighted by molar-refractivity contribution is 7.12. The first-order chi connectivity index (χ1) is 9.58. The third-order valence-corrected chi connectivity index (χ3v) is 4.64. The van der Waals surface area contributed by atoms with Gasteiger partial charge in [0.05, 0.1) is 0 Å². The van der Waals surface area contributed by atoms with Crippen molar-refractivity contribution in [3.05, 3.63) is 57.2 Å². The molecular weight excluding hydrogens is 275 g/mol. The second-order valence-electron chi connectivity index (χ2n) is 4.82. The lowest BCUT2D eigenvalue weighted by atomic mass is 10.1. The number of benzene rings is 1. The van der Waals surface area contributed by atoms with Gasteiger partial charge in [0.1, 0.15) is 23.2 Å². The van der Waals surface area contributed by atoms with Crippen LogP contribution in [0.1, 0.15) is 27.1 Å². The van der Waals surface area contributed by atoms with Crippen LogP contribution in [-0.4, -0.2) is 0 Å². The van der Waals surface area contributed by atoms with E-state index in [1.54, 1.807) is 17.4 Å². The van der Waals surface area contributed by atoms with Crippen LogP contribution < -0.4 is 11.3 Å². The van der Waals surface area contributed by atoms with Crippen LogP contribution in [0.25, 0.3) is 11.0 Å². The van der Waals surface area contributed by atoms with Crippen LogP contribution in [0.15, 0.2) is 34.7 Å². The van der Waals surface area contributed by atoms with Gasteiger partial charge in [0.15, 0.2) is 0 Å². The summed E-state index contributed by atoms with van der Waals surface area (Å²) in [5.74, 6) is 6.09. The van der Waals surface area contributed by atoms with Gasteiger partial charge in [0.25, 0.3) is 0 Å². The summed E-state index contributed by atoms with van der Waals surface area (Å²) in [4.78, 5) is 2.34. The minimum Gasteiger partial charge on any atom is -0.459 e. The maximum atomic E-state index is 13.2. The molecule has 3 aromatic rings. The number of aryl methyl sites for hydroxylation is 2. The maximum absolute atomic E-state index is 13.2. The van der Waals surface area contributed by atoms with E-state index in [2.05, 4.69) is 25.3 Å². The second-order valence-corrected chi connectivity index (χ2v) is 6.11. The number of halogens is 1. The average molecular weight is 290 g/mol. The van der Waals surface area contributed by atoms with E-state index in [0.717, 1.165) is 10.3 Å². The molecule has 0 fully saturated rings. The Kier molecular flexibility index (Phi) is 3.33. The standard InChI is InChI=1S/C15H15FN2OS/c1-8-5-14(20-9(8)2)15(18-17)13-7-10-6-11(16)3-4-12(10)19-13/h3-7,15,18H,17H2,1-2H3. The van der Waals surface area contributed by atoms with Crippen LogP contribution in [0.4, 0.5) is 4.39 Å². The van der Waals surface area contributed by atoms with Crippen molar-refractivity contribution in [2.75, 3.05) is 0 Å². The van der Waals surface area contributed by atoms with E-state index in [9.17, 15) is 4.39 Å². The van der Waals surface area contributed by atoms with Gasteiger partial charge in [0, 0.05) is 15.1 Å². The van der Waals surface area contributed by atoms with Crippen molar-refractivity contribution in [2.45, 2.75) is 19.9 Å². The molecule has 20 heavy (non-hydrogen) atoms. The molecular formula is C15H15FN2OS. The minimum absolute atomic E-state index is 0.220. The summed E-state index contributed by atoms with van der Waals surface area (Å²) >= 11 is 1.68. The molecule has 3 nitrogen and oxygen atoms in total. The molecule has 0 bridgehead atoms. The zero-order valence-electron chi connectivity index (χ0n) is 11.2. The van der Waals surface area contributed by atoms with E-state index in [0.29, 0.717) is 11.3 Å². The largest absolute Gasteiger partial charge is 0.459 e. The van der Waals surface area contributed by atoms with Crippen molar-refractivity contribution < 1.29 is 8.81 Å². The molecule has 104 valence electrons. The predicted octanol–water partition coefficient (Wildman–Crippen LogP) is 3.80. The van der Waals surface area contributed by atoms with Crippen molar-refractivity contribution in [2.24, 2.45) is 5.84 Å². The summed E-state index contributed by atoms with van der Waals surface area (Å²) in [6.45, 7) is 4.14. The summed E-state index contributed by atoms with van der Waals surface area (Å²) in [6, 6.07) is 8.18. The predicted molar refractivity (Wildman–Crippen MR) is 79.1 cm³/mol. The number of thiophene rings is 1. The Morgan fingerprint density at radius 2 is 2.05 bits per heavy atom. The number of hydrogen-bond donors (Lipinski definition) is 2. The van der Waals surface area contributed by atoms with E-state index in [1.165, 1.54) is 22.6 Å². The van der Waals surface area contributed by atoms with E-state index in [1.807, 2.05) is 6.07 Å². The molecule has 3 N–H and O–H groups in total. The Balaban J connectivity index is 2.06. The number of nitrogens with one attached hydrogen (secondary N) is 1. The van der Waals surface area contributed by atoms with Gasteiger partial charge in [0.2, 0.25) is 0 Å². The Hall–Kier alpha value is -1.69. The molecule has 2 heterocycles. The van der Waals surface area contributed by atoms with Gasteiger partial charge < -0.3 is 4.42 Å². The molecule has 0 aliphatic carbocycles. The van der Waals surface area contributed by atoms with Crippen molar-refractivity contribution in [1.82, 2.24) is 5.43 Å². The molecule has 1 unspecified atom stereocenters. The highest BCUT2D eigenvalue weighted by Crippen LogP contribution is 2.33. The lowest BCUT2D eigenvalue weighted by molar-refractivity contribution is 0.481. The van der Waals surface area contributed by atoms with Gasteiger partial charge >= 0.3 is 0 Å². The molecule has 0 aliphatic rings. The number of fused-ring (bicyclic) bond motifs is 1. The van der Waals surface area contributed by atoms with Crippen molar-refractivity contribution in [3.8, 4) is 0 Å². The molecule has 0 spiro atoms. The van der Waals surface area contributed by atoms with Gasteiger partial charge in [-0.25, -0.2) is 9.82 Å². The van der Waals surface area contributed by atoms with Crippen LogP contribution >= 0.6 is 11.3 Å². The van der Waals surface area contributed by atoms with Gasteiger partial charge in [-0.2, -0.15) is 0 Å². The third-order valence-electron chi connectivity index (χ3n) is 3.42. The minimum atomic E-state index is -0.273. The first-order valence-corrected chi connectivity index (χ1v) is 7.12. The topological polar surface area (TPSA) is 51.2 Å². The second kappa shape index (κ2) is 5.01. The molecule has 2 aromatic heterocycles. The molecule has 3 rings (SSSR count). The van der Waals surface area contributed by atoms with Crippen molar-refractivity contribution >= 4 is 22.3 Å². The maximum Gasteiger partial charge on any atom is 0.134 e. The summed E-state index contributed by atoms with van der Waals surface area (Å²) in [5, 5.41) is 0.741. The van der Waals surface area contributed by atoms with E-state index < -0.39 is 0 Å². The molecule has 0 radical (unpaired) electrons. The Labute approximate surface area is 120 Å². The summed E-state index contributed by atoms with van der Waals surface area (Å²) < 4.78 is 19.0. The normalized spacial score (nSPS) is 13.0. The fraction of sp³-hybridized carbons (Fsp3) is 0.200. The van der Waals surface area contributed by atoms with Crippen molar-refractivity contribution in [3.63, 3.8) is 0 Å². The van der Waals surface area contributed by atoms with E-state index in [4.69, 9.17) is 10.3 Å². The zero-order valence-corrected chi connectivity index (χ0v) is 12.1. The average Bonchev–Trinajstić information content (AvgIpc) is 2.95. The van der Waals surface area contributed by atoms with Gasteiger partial charge in [-0.3, -0.25) is 5.84 Å². The lowest BCUT2D eigenvalue weighted by Crippen LogP contribution is -2.27. The summed E-state index contributed by atoms with van der Waals surface area (Å²) in [7, 11) is 0. The number of furan rings is 1. The lowest BCUT2D eigenvalue weighted by Gasteiger charge is -2.10.